The Morgan fingerprint density at radius 3 is 2.92 bits per heavy atom. The van der Waals surface area contributed by atoms with Gasteiger partial charge in [-0.15, -0.1) is 0 Å². The van der Waals surface area contributed by atoms with E-state index in [0.29, 0.717) is 0 Å². The Labute approximate surface area is 79.3 Å². The molecule has 0 aliphatic heterocycles. The summed E-state index contributed by atoms with van der Waals surface area (Å²) in [6.45, 7) is 0. The molecule has 1 saturated carbocycles. The van der Waals surface area contributed by atoms with Crippen LogP contribution in [0.4, 0.5) is 0 Å². The molecule has 2 rings (SSSR count). The van der Waals surface area contributed by atoms with E-state index in [9.17, 15) is 5.11 Å². The SMILES string of the molecule is OC1(CCc2[nH]ncc2Br)CC1. The van der Waals surface area contributed by atoms with Gasteiger partial charge < -0.3 is 5.11 Å². The number of rotatable bonds is 3. The lowest BCUT2D eigenvalue weighted by molar-refractivity contribution is 0.140. The van der Waals surface area contributed by atoms with Gasteiger partial charge in [-0.25, -0.2) is 0 Å². The second-order valence-corrected chi connectivity index (χ2v) is 4.28. The molecule has 2 N–H and O–H groups in total. The first kappa shape index (κ1) is 8.26. The Hall–Kier alpha value is -0.350. The molecule has 0 aromatic carbocycles. The van der Waals surface area contributed by atoms with Gasteiger partial charge in [0.05, 0.1) is 16.3 Å². The average molecular weight is 231 g/mol. The van der Waals surface area contributed by atoms with E-state index in [2.05, 4.69) is 26.1 Å². The molecule has 1 fully saturated rings. The van der Waals surface area contributed by atoms with Crippen molar-refractivity contribution in [3.63, 3.8) is 0 Å². The highest BCUT2D eigenvalue weighted by molar-refractivity contribution is 9.10. The highest BCUT2D eigenvalue weighted by Crippen LogP contribution is 2.39. The molecule has 1 aromatic heterocycles. The minimum absolute atomic E-state index is 0.357. The zero-order valence-corrected chi connectivity index (χ0v) is 8.26. The van der Waals surface area contributed by atoms with Crippen LogP contribution in [0.2, 0.25) is 0 Å². The fourth-order valence-corrected chi connectivity index (χ4v) is 1.61. The van der Waals surface area contributed by atoms with Crippen LogP contribution < -0.4 is 0 Å². The molecule has 0 saturated heterocycles. The van der Waals surface area contributed by atoms with Gasteiger partial charge in [0.1, 0.15) is 0 Å². The van der Waals surface area contributed by atoms with Crippen molar-refractivity contribution in [3.8, 4) is 0 Å². The van der Waals surface area contributed by atoms with Crippen molar-refractivity contribution in [1.29, 1.82) is 0 Å². The van der Waals surface area contributed by atoms with Crippen LogP contribution >= 0.6 is 15.9 Å². The largest absolute Gasteiger partial charge is 0.390 e. The molecule has 3 nitrogen and oxygen atoms in total. The minimum atomic E-state index is -0.357. The first-order valence-corrected chi connectivity index (χ1v) is 4.89. The van der Waals surface area contributed by atoms with Crippen LogP contribution in [0.3, 0.4) is 0 Å². The summed E-state index contributed by atoms with van der Waals surface area (Å²) in [7, 11) is 0. The minimum Gasteiger partial charge on any atom is -0.390 e. The van der Waals surface area contributed by atoms with Gasteiger partial charge in [0, 0.05) is 5.69 Å². The fourth-order valence-electron chi connectivity index (χ4n) is 1.23. The van der Waals surface area contributed by atoms with Crippen molar-refractivity contribution >= 4 is 15.9 Å². The highest BCUT2D eigenvalue weighted by Gasteiger charge is 2.39. The quantitative estimate of drug-likeness (QED) is 0.830. The van der Waals surface area contributed by atoms with Crippen LogP contribution in [0.15, 0.2) is 10.7 Å². The van der Waals surface area contributed by atoms with Gasteiger partial charge in [-0.2, -0.15) is 5.10 Å². The van der Waals surface area contributed by atoms with E-state index in [0.717, 1.165) is 35.8 Å². The first-order chi connectivity index (χ1) is 5.70. The lowest BCUT2D eigenvalue weighted by atomic mass is 10.1. The standard InChI is InChI=1S/C8H11BrN2O/c9-6-5-10-11-7(6)1-2-8(12)3-4-8/h5,12H,1-4H2,(H,10,11). The molecule has 4 heteroatoms. The van der Waals surface area contributed by atoms with Gasteiger partial charge in [0.2, 0.25) is 0 Å². The molecule has 0 bridgehead atoms. The van der Waals surface area contributed by atoms with Crippen molar-refractivity contribution in [3.05, 3.63) is 16.4 Å². The van der Waals surface area contributed by atoms with Gasteiger partial charge in [-0.3, -0.25) is 5.10 Å². The number of aromatic amines is 1. The van der Waals surface area contributed by atoms with E-state index in [-0.39, 0.29) is 5.60 Å². The molecule has 0 atom stereocenters. The molecular weight excluding hydrogens is 220 g/mol. The Balaban J connectivity index is 1.91. The van der Waals surface area contributed by atoms with Crippen LogP contribution in [0.5, 0.6) is 0 Å². The highest BCUT2D eigenvalue weighted by atomic mass is 79.9. The Bertz CT molecular complexity index is 280. The number of aromatic nitrogens is 2. The fraction of sp³-hybridized carbons (Fsp3) is 0.625. The molecule has 1 heterocycles. The van der Waals surface area contributed by atoms with Crippen LogP contribution in [-0.4, -0.2) is 20.9 Å². The topological polar surface area (TPSA) is 48.9 Å². The zero-order valence-electron chi connectivity index (χ0n) is 6.68. The Morgan fingerprint density at radius 2 is 2.42 bits per heavy atom. The maximum atomic E-state index is 9.57. The monoisotopic (exact) mass is 230 g/mol. The number of hydrogen-bond donors (Lipinski definition) is 2. The van der Waals surface area contributed by atoms with E-state index in [1.54, 1.807) is 6.20 Å². The normalized spacial score (nSPS) is 19.5. The molecule has 1 aliphatic carbocycles. The summed E-state index contributed by atoms with van der Waals surface area (Å²) in [5.41, 5.74) is 0.722. The number of aryl methyl sites for hydroxylation is 1. The van der Waals surface area contributed by atoms with Crippen LogP contribution in [0, 0.1) is 0 Å². The van der Waals surface area contributed by atoms with Gasteiger partial charge in [0.15, 0.2) is 0 Å². The summed E-state index contributed by atoms with van der Waals surface area (Å²) in [6.07, 6.45) is 5.37. The van der Waals surface area contributed by atoms with Gasteiger partial charge in [-0.1, -0.05) is 0 Å². The summed E-state index contributed by atoms with van der Waals surface area (Å²) < 4.78 is 1.01. The zero-order chi connectivity index (χ0) is 8.60. The molecular formula is C8H11BrN2O. The van der Waals surface area contributed by atoms with Crippen LogP contribution in [0.1, 0.15) is 25.0 Å². The van der Waals surface area contributed by atoms with Crippen LogP contribution in [0.25, 0.3) is 0 Å². The summed E-state index contributed by atoms with van der Waals surface area (Å²) in [5.74, 6) is 0. The molecule has 0 unspecified atom stereocenters. The molecule has 12 heavy (non-hydrogen) atoms. The van der Waals surface area contributed by atoms with Crippen molar-refractivity contribution < 1.29 is 5.11 Å². The summed E-state index contributed by atoms with van der Waals surface area (Å²) in [6, 6.07) is 0. The van der Waals surface area contributed by atoms with E-state index in [1.165, 1.54) is 0 Å². The lowest BCUT2D eigenvalue weighted by Gasteiger charge is -2.04. The first-order valence-electron chi connectivity index (χ1n) is 4.10. The van der Waals surface area contributed by atoms with E-state index in [4.69, 9.17) is 0 Å². The summed E-state index contributed by atoms with van der Waals surface area (Å²) >= 11 is 3.38. The third kappa shape index (κ3) is 1.69. The Morgan fingerprint density at radius 1 is 1.67 bits per heavy atom. The third-order valence-electron chi connectivity index (χ3n) is 2.33. The molecule has 66 valence electrons. The smallest absolute Gasteiger partial charge is 0.0653 e. The van der Waals surface area contributed by atoms with Crippen molar-refractivity contribution in [2.75, 3.05) is 0 Å². The maximum absolute atomic E-state index is 9.57. The van der Waals surface area contributed by atoms with Crippen LogP contribution in [-0.2, 0) is 6.42 Å². The van der Waals surface area contributed by atoms with Gasteiger partial charge in [0.25, 0.3) is 0 Å². The number of hydrogen-bond acceptors (Lipinski definition) is 2. The van der Waals surface area contributed by atoms with E-state index in [1.807, 2.05) is 0 Å². The predicted molar refractivity (Wildman–Crippen MR) is 48.8 cm³/mol. The second-order valence-electron chi connectivity index (χ2n) is 3.42. The van der Waals surface area contributed by atoms with Crippen molar-refractivity contribution in [1.82, 2.24) is 10.2 Å². The number of aliphatic hydroxyl groups is 1. The molecule has 1 aromatic rings. The second kappa shape index (κ2) is 2.85. The number of nitrogens with one attached hydrogen (secondary N) is 1. The van der Waals surface area contributed by atoms with Crippen molar-refractivity contribution in [2.24, 2.45) is 0 Å². The summed E-state index contributed by atoms with van der Waals surface area (Å²) in [4.78, 5) is 0. The Kier molecular flexibility index (Phi) is 1.96. The van der Waals surface area contributed by atoms with E-state index < -0.39 is 0 Å². The lowest BCUT2D eigenvalue weighted by Crippen LogP contribution is -2.08. The number of H-pyrrole nitrogens is 1. The van der Waals surface area contributed by atoms with Crippen molar-refractivity contribution in [2.45, 2.75) is 31.3 Å². The molecule has 0 radical (unpaired) electrons. The van der Waals surface area contributed by atoms with Gasteiger partial charge in [-0.05, 0) is 41.6 Å². The predicted octanol–water partition coefficient (Wildman–Crippen LogP) is 1.63. The third-order valence-corrected chi connectivity index (χ3v) is 3.02. The molecule has 1 aliphatic rings. The summed E-state index contributed by atoms with van der Waals surface area (Å²) in [5, 5.41) is 16.4. The molecule has 0 spiro atoms. The van der Waals surface area contributed by atoms with E-state index >= 15 is 0 Å². The maximum Gasteiger partial charge on any atom is 0.0653 e. The average Bonchev–Trinajstić information content (AvgIpc) is 2.61. The van der Waals surface area contributed by atoms with Gasteiger partial charge >= 0.3 is 0 Å². The number of halogens is 1. The number of nitrogens with zero attached hydrogens (tertiary/aromatic N) is 1. The molecule has 0 amide bonds.